The molecule has 0 aliphatic carbocycles. The molecule has 0 radical (unpaired) electrons. The zero-order chi connectivity index (χ0) is 25.3. The summed E-state index contributed by atoms with van der Waals surface area (Å²) in [7, 11) is 0. The fourth-order valence-corrected chi connectivity index (χ4v) is 3.83. The van der Waals surface area contributed by atoms with E-state index in [1.165, 1.54) is 4.90 Å². The number of carbonyl (C=O) groups is 3. The number of hydrogen-bond donors (Lipinski definition) is 2. The van der Waals surface area contributed by atoms with Crippen molar-refractivity contribution in [2.24, 2.45) is 0 Å². The second kappa shape index (κ2) is 9.54. The van der Waals surface area contributed by atoms with Crippen molar-refractivity contribution in [1.82, 2.24) is 15.2 Å². The second-order valence-corrected chi connectivity index (χ2v) is 10.5. The number of hydrogen-bond acceptors (Lipinski definition) is 5. The Morgan fingerprint density at radius 2 is 1.74 bits per heavy atom. The lowest BCUT2D eigenvalue weighted by atomic mass is 9.99. The number of nitrogens with one attached hydrogen (secondary N) is 2. The number of amides is 4. The van der Waals surface area contributed by atoms with Crippen LogP contribution in [-0.2, 0) is 16.1 Å². The van der Waals surface area contributed by atoms with Crippen LogP contribution in [0, 0.1) is 0 Å². The first-order chi connectivity index (χ1) is 15.8. The molecule has 1 aromatic heterocycles. The molecule has 8 nitrogen and oxygen atoms in total. The van der Waals surface area contributed by atoms with E-state index in [2.05, 4.69) is 15.6 Å². The fourth-order valence-electron chi connectivity index (χ4n) is 3.83. The summed E-state index contributed by atoms with van der Waals surface area (Å²) in [6.45, 7) is 14.0. The van der Waals surface area contributed by atoms with Crippen LogP contribution < -0.4 is 15.5 Å². The lowest BCUT2D eigenvalue weighted by Gasteiger charge is -2.27. The molecule has 2 heterocycles. The first-order valence-electron chi connectivity index (χ1n) is 11.5. The molecule has 4 amide bonds. The zero-order valence-corrected chi connectivity index (χ0v) is 21.1. The first-order valence-corrected chi connectivity index (χ1v) is 11.5. The van der Waals surface area contributed by atoms with Crippen molar-refractivity contribution in [3.8, 4) is 0 Å². The third-order valence-corrected chi connectivity index (χ3v) is 5.88. The molecule has 1 aliphatic rings. The lowest BCUT2D eigenvalue weighted by molar-refractivity contribution is -0.123. The Kier molecular flexibility index (Phi) is 7.12. The molecule has 34 heavy (non-hydrogen) atoms. The molecular formula is C26H35N5O3. The van der Waals surface area contributed by atoms with E-state index in [9.17, 15) is 14.4 Å². The molecule has 0 bridgehead atoms. The van der Waals surface area contributed by atoms with E-state index >= 15 is 0 Å². The fraction of sp³-hybridized carbons (Fsp3) is 0.462. The minimum Gasteiger partial charge on any atom is -0.325 e. The smallest absolute Gasteiger partial charge is 0.325 e. The summed E-state index contributed by atoms with van der Waals surface area (Å²) in [6, 6.07) is 8.61. The van der Waals surface area contributed by atoms with E-state index in [4.69, 9.17) is 0 Å². The number of imide groups is 1. The van der Waals surface area contributed by atoms with Gasteiger partial charge in [0.15, 0.2) is 0 Å². The number of anilines is 2. The Hall–Kier alpha value is -3.26. The van der Waals surface area contributed by atoms with Crippen LogP contribution in [0.2, 0.25) is 0 Å². The molecule has 1 fully saturated rings. The largest absolute Gasteiger partial charge is 0.332 e. The predicted octanol–water partition coefficient (Wildman–Crippen LogP) is 4.28. The summed E-state index contributed by atoms with van der Waals surface area (Å²) < 4.78 is 0. The van der Waals surface area contributed by atoms with Crippen LogP contribution in [0.1, 0.15) is 65.5 Å². The van der Waals surface area contributed by atoms with Crippen LogP contribution in [0.3, 0.4) is 0 Å². The summed E-state index contributed by atoms with van der Waals surface area (Å²) in [5, 5.41) is 6.13. The van der Waals surface area contributed by atoms with Gasteiger partial charge in [-0.3, -0.25) is 14.6 Å². The average Bonchev–Trinajstić information content (AvgIpc) is 2.92. The Labute approximate surface area is 201 Å². The molecule has 0 spiro atoms. The van der Waals surface area contributed by atoms with E-state index in [0.29, 0.717) is 17.9 Å². The summed E-state index contributed by atoms with van der Waals surface area (Å²) in [6.07, 6.45) is 3.33. The number of benzene rings is 1. The molecule has 0 unspecified atom stereocenters. The number of aromatic nitrogens is 1. The van der Waals surface area contributed by atoms with Crippen LogP contribution in [-0.4, -0.2) is 45.4 Å². The Morgan fingerprint density at radius 1 is 1.09 bits per heavy atom. The number of nitrogens with zero attached hydrogens (tertiary/aromatic N) is 3. The third-order valence-electron chi connectivity index (χ3n) is 5.88. The molecule has 1 aromatic carbocycles. The van der Waals surface area contributed by atoms with Gasteiger partial charge in [-0.1, -0.05) is 19.9 Å². The van der Waals surface area contributed by atoms with Gasteiger partial charge in [-0.25, -0.2) is 9.69 Å². The van der Waals surface area contributed by atoms with E-state index in [1.807, 2.05) is 52.8 Å². The maximum atomic E-state index is 13.4. The highest BCUT2D eigenvalue weighted by Gasteiger charge is 2.51. The lowest BCUT2D eigenvalue weighted by Crippen LogP contribution is -2.43. The minimum absolute atomic E-state index is 0.143. The number of urea groups is 1. The molecule has 1 saturated heterocycles. The van der Waals surface area contributed by atoms with Crippen LogP contribution in [0.25, 0.3) is 0 Å². The highest BCUT2D eigenvalue weighted by atomic mass is 16.2. The van der Waals surface area contributed by atoms with Crippen molar-refractivity contribution >= 4 is 29.2 Å². The highest BCUT2D eigenvalue weighted by Crippen LogP contribution is 2.36. The number of rotatable bonds is 7. The zero-order valence-electron chi connectivity index (χ0n) is 21.1. The van der Waals surface area contributed by atoms with Gasteiger partial charge < -0.3 is 15.5 Å². The minimum atomic E-state index is -1.02. The van der Waals surface area contributed by atoms with Gasteiger partial charge in [0.2, 0.25) is 5.91 Å². The van der Waals surface area contributed by atoms with Gasteiger partial charge in [0, 0.05) is 30.2 Å². The van der Waals surface area contributed by atoms with Crippen LogP contribution in [0.15, 0.2) is 42.7 Å². The highest BCUT2D eigenvalue weighted by molar-refractivity contribution is 6.23. The third kappa shape index (κ3) is 5.44. The van der Waals surface area contributed by atoms with Crippen molar-refractivity contribution in [3.05, 3.63) is 53.9 Å². The maximum absolute atomic E-state index is 13.4. The normalized spacial score (nSPS) is 15.9. The SMILES string of the molecule is CC(C)c1ccc(N2C(=O)N(Cc3ccncc3)C(C)(C)C2=O)cc1NC(=O)CNC(C)(C)C. The van der Waals surface area contributed by atoms with Crippen LogP contribution in [0.4, 0.5) is 16.2 Å². The van der Waals surface area contributed by atoms with E-state index in [1.54, 1.807) is 43.3 Å². The topological polar surface area (TPSA) is 94.6 Å². The number of pyridine rings is 1. The Bertz CT molecular complexity index is 1070. The van der Waals surface area contributed by atoms with Crippen LogP contribution in [0.5, 0.6) is 0 Å². The van der Waals surface area contributed by atoms with E-state index in [0.717, 1.165) is 11.1 Å². The standard InChI is InChI=1S/C26H35N5O3/c1-17(2)20-9-8-19(14-21(20)29-22(32)15-28-25(3,4)5)31-23(33)26(6,7)30(24(31)34)16-18-10-12-27-13-11-18/h8-14,17,28H,15-16H2,1-7H3,(H,29,32). The average molecular weight is 466 g/mol. The molecule has 1 aliphatic heterocycles. The monoisotopic (exact) mass is 465 g/mol. The molecule has 182 valence electrons. The summed E-state index contributed by atoms with van der Waals surface area (Å²) in [5.41, 5.74) is 1.64. The van der Waals surface area contributed by atoms with Crippen LogP contribution >= 0.6 is 0 Å². The summed E-state index contributed by atoms with van der Waals surface area (Å²) in [5.74, 6) is -0.354. The first kappa shape index (κ1) is 25.4. The molecule has 0 saturated carbocycles. The van der Waals surface area contributed by atoms with Crippen molar-refractivity contribution < 1.29 is 14.4 Å². The molecule has 2 aromatic rings. The van der Waals surface area contributed by atoms with Gasteiger partial charge in [0.1, 0.15) is 5.54 Å². The molecule has 3 rings (SSSR count). The maximum Gasteiger partial charge on any atom is 0.332 e. The van der Waals surface area contributed by atoms with Gasteiger partial charge >= 0.3 is 6.03 Å². The van der Waals surface area contributed by atoms with Gasteiger partial charge in [-0.05, 0) is 75.9 Å². The van der Waals surface area contributed by atoms with Crippen molar-refractivity contribution in [2.45, 2.75) is 72.0 Å². The van der Waals surface area contributed by atoms with Gasteiger partial charge in [0.25, 0.3) is 5.91 Å². The second-order valence-electron chi connectivity index (χ2n) is 10.5. The quantitative estimate of drug-likeness (QED) is 0.595. The summed E-state index contributed by atoms with van der Waals surface area (Å²) >= 11 is 0. The predicted molar refractivity (Wildman–Crippen MR) is 134 cm³/mol. The van der Waals surface area contributed by atoms with Gasteiger partial charge in [-0.15, -0.1) is 0 Å². The van der Waals surface area contributed by atoms with E-state index < -0.39 is 11.6 Å². The Morgan fingerprint density at radius 3 is 2.32 bits per heavy atom. The molecule has 8 heteroatoms. The van der Waals surface area contributed by atoms with Crippen molar-refractivity contribution in [2.75, 3.05) is 16.8 Å². The van der Waals surface area contributed by atoms with Crippen molar-refractivity contribution in [3.63, 3.8) is 0 Å². The molecule has 0 atom stereocenters. The number of carbonyl (C=O) groups excluding carboxylic acids is 3. The van der Waals surface area contributed by atoms with Crippen molar-refractivity contribution in [1.29, 1.82) is 0 Å². The molecular weight excluding hydrogens is 430 g/mol. The molecule has 2 N–H and O–H groups in total. The van der Waals surface area contributed by atoms with E-state index in [-0.39, 0.29) is 29.8 Å². The van der Waals surface area contributed by atoms with Gasteiger partial charge in [0.05, 0.1) is 12.2 Å². The summed E-state index contributed by atoms with van der Waals surface area (Å²) in [4.78, 5) is 46.2. The Balaban J connectivity index is 1.91. The van der Waals surface area contributed by atoms with Gasteiger partial charge in [-0.2, -0.15) is 0 Å².